The van der Waals surface area contributed by atoms with Gasteiger partial charge in [0.2, 0.25) is 0 Å². The lowest BCUT2D eigenvalue weighted by atomic mass is 9.98. The number of amides is 1. The lowest BCUT2D eigenvalue weighted by Gasteiger charge is -2.19. The second kappa shape index (κ2) is 12.3. The quantitative estimate of drug-likeness (QED) is 0.134. The summed E-state index contributed by atoms with van der Waals surface area (Å²) in [7, 11) is 0. The summed E-state index contributed by atoms with van der Waals surface area (Å²) in [5, 5.41) is 3.17. The maximum atomic E-state index is 13.6. The van der Waals surface area contributed by atoms with Crippen LogP contribution in [0.4, 0.5) is 4.79 Å². The predicted octanol–water partition coefficient (Wildman–Crippen LogP) is 6.57. The number of esters is 1. The fourth-order valence-electron chi connectivity index (χ4n) is 4.70. The van der Waals surface area contributed by atoms with E-state index in [1.807, 2.05) is 80.6 Å². The van der Waals surface area contributed by atoms with E-state index in [4.69, 9.17) is 13.9 Å². The molecule has 0 unspecified atom stereocenters. The second-order valence-corrected chi connectivity index (χ2v) is 9.76. The summed E-state index contributed by atoms with van der Waals surface area (Å²) in [6.07, 6.45) is -0.394. The molecule has 5 aromatic rings. The molecule has 0 saturated carbocycles. The molecule has 0 aliphatic carbocycles. The minimum absolute atomic E-state index is 0.0498. The molecule has 0 fully saturated rings. The van der Waals surface area contributed by atoms with E-state index in [2.05, 4.69) is 5.32 Å². The van der Waals surface area contributed by atoms with Crippen LogP contribution in [0.5, 0.6) is 5.75 Å². The van der Waals surface area contributed by atoms with E-state index >= 15 is 0 Å². The van der Waals surface area contributed by atoms with Crippen molar-refractivity contribution >= 4 is 23.0 Å². The predicted molar refractivity (Wildman–Crippen MR) is 156 cm³/mol. The van der Waals surface area contributed by atoms with Crippen molar-refractivity contribution in [2.24, 2.45) is 0 Å². The minimum Gasteiger partial charge on any atom is -0.445 e. The van der Waals surface area contributed by atoms with Crippen molar-refractivity contribution in [2.75, 3.05) is 0 Å². The van der Waals surface area contributed by atoms with Crippen molar-refractivity contribution in [3.05, 3.63) is 147 Å². The van der Waals surface area contributed by atoms with Gasteiger partial charge in [-0.15, -0.1) is 0 Å². The number of benzene rings is 4. The van der Waals surface area contributed by atoms with E-state index in [-0.39, 0.29) is 12.4 Å². The average Bonchev–Trinajstić information content (AvgIpc) is 2.98. The number of hydrogen-bond donors (Lipinski definition) is 1. The van der Waals surface area contributed by atoms with E-state index in [9.17, 15) is 14.4 Å². The Morgan fingerprint density at radius 3 is 2.10 bits per heavy atom. The molecule has 1 aromatic heterocycles. The number of ether oxygens (including phenoxy) is 2. The van der Waals surface area contributed by atoms with E-state index in [1.165, 1.54) is 0 Å². The van der Waals surface area contributed by atoms with E-state index in [0.717, 1.165) is 16.7 Å². The summed E-state index contributed by atoms with van der Waals surface area (Å²) in [5.41, 5.74) is 4.06. The molecule has 0 radical (unpaired) electrons. The van der Waals surface area contributed by atoms with Gasteiger partial charge in [0.25, 0.3) is 0 Å². The van der Waals surface area contributed by atoms with Crippen LogP contribution in [0.25, 0.3) is 11.0 Å². The Morgan fingerprint density at radius 1 is 0.829 bits per heavy atom. The number of alkyl carbamates (subject to hydrolysis) is 1. The molecule has 4 aromatic carbocycles. The fraction of sp³-hybridized carbons (Fsp3) is 0.147. The van der Waals surface area contributed by atoms with Gasteiger partial charge in [-0.05, 0) is 53.8 Å². The van der Waals surface area contributed by atoms with E-state index in [0.29, 0.717) is 34.1 Å². The Kier molecular flexibility index (Phi) is 8.25. The average molecular weight is 548 g/mol. The maximum Gasteiger partial charge on any atom is 0.408 e. The molecule has 1 amide bonds. The number of hydrogen-bond acceptors (Lipinski definition) is 6. The lowest BCUT2D eigenvalue weighted by Crippen LogP contribution is -2.36. The summed E-state index contributed by atoms with van der Waals surface area (Å²) in [5.74, 6) is -0.476. The van der Waals surface area contributed by atoms with Gasteiger partial charge in [-0.25, -0.2) is 14.4 Å². The summed E-state index contributed by atoms with van der Waals surface area (Å²) >= 11 is 0. The third-order valence-corrected chi connectivity index (χ3v) is 6.76. The molecule has 0 bridgehead atoms. The largest absolute Gasteiger partial charge is 0.445 e. The van der Waals surface area contributed by atoms with Crippen molar-refractivity contribution < 1.29 is 23.5 Å². The topological polar surface area (TPSA) is 94.8 Å². The first kappa shape index (κ1) is 27.4. The van der Waals surface area contributed by atoms with Crippen molar-refractivity contribution in [1.29, 1.82) is 0 Å². The van der Waals surface area contributed by atoms with Crippen LogP contribution in [0, 0.1) is 13.8 Å². The Morgan fingerprint density at radius 2 is 1.44 bits per heavy atom. The Bertz CT molecular complexity index is 1730. The Balaban J connectivity index is 1.45. The lowest BCUT2D eigenvalue weighted by molar-refractivity contribution is -0.136. The highest BCUT2D eigenvalue weighted by atomic mass is 16.6. The van der Waals surface area contributed by atoms with Crippen LogP contribution in [0.3, 0.4) is 0 Å². The SMILES string of the molecule is Cc1cc(OC(=O)[C@@H](NC(=O)OCc2ccccc2)c2ccccc2)c2c(C)c(Cc3ccccc3)c(=O)oc2c1. The second-order valence-electron chi connectivity index (χ2n) is 9.76. The smallest absolute Gasteiger partial charge is 0.408 e. The molecule has 5 rings (SSSR count). The zero-order valence-electron chi connectivity index (χ0n) is 22.8. The summed E-state index contributed by atoms with van der Waals surface area (Å²) in [4.78, 5) is 39.3. The zero-order chi connectivity index (χ0) is 28.8. The molecule has 7 nitrogen and oxygen atoms in total. The number of carbonyl (C=O) groups excluding carboxylic acids is 2. The molecular weight excluding hydrogens is 518 g/mol. The minimum atomic E-state index is -1.14. The number of aryl methyl sites for hydroxylation is 2. The molecule has 7 heteroatoms. The fourth-order valence-corrected chi connectivity index (χ4v) is 4.70. The molecule has 0 saturated heterocycles. The summed E-state index contributed by atoms with van der Waals surface area (Å²) in [6.45, 7) is 3.68. The van der Waals surface area contributed by atoms with Crippen molar-refractivity contribution in [2.45, 2.75) is 32.9 Å². The van der Waals surface area contributed by atoms with Crippen LogP contribution in [0.2, 0.25) is 0 Å². The molecular formula is C34H29NO6. The van der Waals surface area contributed by atoms with Gasteiger partial charge < -0.3 is 19.2 Å². The van der Waals surface area contributed by atoms with Crippen LogP contribution in [-0.2, 0) is 22.6 Å². The Hall–Kier alpha value is -5.17. The van der Waals surface area contributed by atoms with Gasteiger partial charge in [0.05, 0.1) is 5.39 Å². The first-order valence-electron chi connectivity index (χ1n) is 13.2. The van der Waals surface area contributed by atoms with Gasteiger partial charge in [-0.3, -0.25) is 0 Å². The van der Waals surface area contributed by atoms with Crippen molar-refractivity contribution in [1.82, 2.24) is 5.32 Å². The molecule has 0 aliphatic rings. The third-order valence-electron chi connectivity index (χ3n) is 6.76. The molecule has 1 heterocycles. The summed E-state index contributed by atoms with van der Waals surface area (Å²) in [6, 6.07) is 30.0. The molecule has 206 valence electrons. The van der Waals surface area contributed by atoms with Gasteiger partial charge in [0.15, 0.2) is 6.04 Å². The van der Waals surface area contributed by atoms with Crippen LogP contribution in [-0.4, -0.2) is 12.1 Å². The number of nitrogens with one attached hydrogen (secondary N) is 1. The highest BCUT2D eigenvalue weighted by molar-refractivity contribution is 5.92. The van der Waals surface area contributed by atoms with Gasteiger partial charge in [0, 0.05) is 12.0 Å². The van der Waals surface area contributed by atoms with Crippen LogP contribution in [0.1, 0.15) is 39.4 Å². The molecule has 41 heavy (non-hydrogen) atoms. The van der Waals surface area contributed by atoms with Gasteiger partial charge >= 0.3 is 17.7 Å². The normalized spacial score (nSPS) is 11.6. The molecule has 1 N–H and O–H groups in total. The highest BCUT2D eigenvalue weighted by Gasteiger charge is 2.27. The number of carbonyl (C=O) groups is 2. The number of rotatable bonds is 8. The first-order valence-corrected chi connectivity index (χ1v) is 13.2. The van der Waals surface area contributed by atoms with Crippen molar-refractivity contribution in [3.63, 3.8) is 0 Å². The standard InChI is InChI=1S/C34H29NO6/c1-22-18-28-30(23(2)27(32(36)40-28)20-24-12-6-3-7-13-24)29(19-22)41-33(37)31(26-16-10-5-11-17-26)35-34(38)39-21-25-14-8-4-9-15-25/h3-19,31H,20-21H2,1-2H3,(H,35,38)/t31-/m0/s1. The highest BCUT2D eigenvalue weighted by Crippen LogP contribution is 2.33. The van der Waals surface area contributed by atoms with Crippen LogP contribution in [0.15, 0.2) is 112 Å². The van der Waals surface area contributed by atoms with Crippen molar-refractivity contribution in [3.8, 4) is 5.75 Å². The Labute approximate surface area is 237 Å². The van der Waals surface area contributed by atoms with Crippen LogP contribution < -0.4 is 15.7 Å². The first-order chi connectivity index (χ1) is 19.9. The third kappa shape index (κ3) is 6.53. The van der Waals surface area contributed by atoms with Gasteiger partial charge in [-0.1, -0.05) is 91.0 Å². The zero-order valence-corrected chi connectivity index (χ0v) is 22.8. The maximum absolute atomic E-state index is 13.6. The van der Waals surface area contributed by atoms with E-state index in [1.54, 1.807) is 36.4 Å². The number of fused-ring (bicyclic) bond motifs is 1. The molecule has 1 atom stereocenters. The van der Waals surface area contributed by atoms with Gasteiger partial charge in [0.1, 0.15) is 17.9 Å². The molecule has 0 spiro atoms. The summed E-state index contributed by atoms with van der Waals surface area (Å²) < 4.78 is 17.0. The van der Waals surface area contributed by atoms with E-state index < -0.39 is 23.7 Å². The van der Waals surface area contributed by atoms with Gasteiger partial charge in [-0.2, -0.15) is 0 Å². The molecule has 0 aliphatic heterocycles. The van der Waals surface area contributed by atoms with Crippen LogP contribution >= 0.6 is 0 Å². The monoisotopic (exact) mass is 547 g/mol.